The zero-order valence-electron chi connectivity index (χ0n) is 11.8. The minimum atomic E-state index is -0.0119. The van der Waals surface area contributed by atoms with Gasteiger partial charge in [-0.15, -0.1) is 11.3 Å². The Morgan fingerprint density at radius 2 is 2.23 bits per heavy atom. The van der Waals surface area contributed by atoms with Crippen LogP contribution < -0.4 is 5.32 Å². The molecule has 3 heterocycles. The first-order chi connectivity index (χ1) is 10.7. The van der Waals surface area contributed by atoms with E-state index in [4.69, 9.17) is 28.9 Å². The van der Waals surface area contributed by atoms with Crippen LogP contribution in [0.3, 0.4) is 0 Å². The van der Waals surface area contributed by atoms with Crippen molar-refractivity contribution in [1.29, 1.82) is 0 Å². The number of hydrogen-bond donors (Lipinski definition) is 2. The minimum Gasteiger partial charge on any atom is -0.396 e. The number of rotatable bonds is 5. The quantitative estimate of drug-likeness (QED) is 0.809. The van der Waals surface area contributed by atoms with Crippen molar-refractivity contribution < 1.29 is 5.11 Å². The highest BCUT2D eigenvalue weighted by atomic mass is 35.5. The van der Waals surface area contributed by atoms with Crippen molar-refractivity contribution in [2.24, 2.45) is 0 Å². The number of halogens is 1. The van der Waals surface area contributed by atoms with Crippen LogP contribution in [-0.2, 0) is 0 Å². The van der Waals surface area contributed by atoms with Gasteiger partial charge in [-0.1, -0.05) is 17.7 Å². The second-order valence-corrected chi connectivity index (χ2v) is 7.17. The van der Waals surface area contributed by atoms with E-state index < -0.39 is 0 Å². The fourth-order valence-corrected chi connectivity index (χ4v) is 4.23. The average Bonchev–Trinajstić information content (AvgIpc) is 3.09. The molecule has 0 saturated carbocycles. The molecule has 1 aliphatic heterocycles. The van der Waals surface area contributed by atoms with Crippen molar-refractivity contribution in [3.63, 3.8) is 0 Å². The number of pyridine rings is 1. The van der Waals surface area contributed by atoms with Gasteiger partial charge < -0.3 is 15.3 Å². The number of hydrogen-bond acceptors (Lipinski definition) is 4. The number of thiophene rings is 1. The number of nitrogens with one attached hydrogen (secondary N) is 1. The molecule has 0 spiro atoms. The number of nitrogens with zero attached hydrogens (tertiary/aromatic N) is 2. The first-order valence-corrected chi connectivity index (χ1v) is 8.65. The summed E-state index contributed by atoms with van der Waals surface area (Å²) in [6.07, 6.45) is 2.46. The summed E-state index contributed by atoms with van der Waals surface area (Å²) in [5.74, 6) is 0. The minimum absolute atomic E-state index is 0.0119. The molecule has 7 heteroatoms. The highest BCUT2D eigenvalue weighted by Gasteiger charge is 2.40. The Morgan fingerprint density at radius 1 is 1.36 bits per heavy atom. The molecule has 2 N–H and O–H groups in total. The van der Waals surface area contributed by atoms with Crippen LogP contribution in [-0.4, -0.2) is 33.3 Å². The first kappa shape index (κ1) is 15.7. The van der Waals surface area contributed by atoms with E-state index in [1.807, 2.05) is 30.3 Å². The van der Waals surface area contributed by atoms with E-state index in [1.54, 1.807) is 17.5 Å². The van der Waals surface area contributed by atoms with E-state index in [0.717, 1.165) is 14.9 Å². The standard InChI is InChI=1S/C15H16ClN3OS2/c16-12-6-5-11(22-12)14-13(10-4-1-2-7-17-10)18-15(21)19(14)8-3-9-20/h1-2,4-7,13-14,20H,3,8-9H2,(H,18,21)/t13-,14-/m1/s1. The lowest BCUT2D eigenvalue weighted by atomic mass is 10.0. The predicted molar refractivity (Wildman–Crippen MR) is 93.2 cm³/mol. The number of aliphatic hydroxyl groups excluding tert-OH is 1. The molecular formula is C15H16ClN3OS2. The molecule has 4 nitrogen and oxygen atoms in total. The Balaban J connectivity index is 1.96. The summed E-state index contributed by atoms with van der Waals surface area (Å²) in [5.41, 5.74) is 0.950. The van der Waals surface area contributed by atoms with E-state index in [-0.39, 0.29) is 18.7 Å². The zero-order valence-corrected chi connectivity index (χ0v) is 14.2. The van der Waals surface area contributed by atoms with Gasteiger partial charge in [0, 0.05) is 24.2 Å². The van der Waals surface area contributed by atoms with Crippen LogP contribution in [0.4, 0.5) is 0 Å². The van der Waals surface area contributed by atoms with Gasteiger partial charge in [0.05, 0.1) is 22.1 Å². The van der Waals surface area contributed by atoms with Crippen molar-refractivity contribution in [2.45, 2.75) is 18.5 Å². The van der Waals surface area contributed by atoms with Crippen LogP contribution in [0.25, 0.3) is 0 Å². The van der Waals surface area contributed by atoms with Gasteiger partial charge in [0.1, 0.15) is 0 Å². The molecular weight excluding hydrogens is 338 g/mol. The molecule has 22 heavy (non-hydrogen) atoms. The highest BCUT2D eigenvalue weighted by molar-refractivity contribution is 7.80. The van der Waals surface area contributed by atoms with Gasteiger partial charge in [-0.25, -0.2) is 0 Å². The third kappa shape index (κ3) is 3.10. The van der Waals surface area contributed by atoms with Gasteiger partial charge >= 0.3 is 0 Å². The Labute approximate surface area is 143 Å². The summed E-state index contributed by atoms with van der Waals surface area (Å²) in [6.45, 7) is 0.844. The third-order valence-corrected chi connectivity index (χ3v) is 5.29. The number of thiocarbonyl (C=S) groups is 1. The molecule has 0 bridgehead atoms. The summed E-state index contributed by atoms with van der Waals surface area (Å²) < 4.78 is 0.759. The third-order valence-electron chi connectivity index (χ3n) is 3.64. The molecule has 0 unspecified atom stereocenters. The van der Waals surface area contributed by atoms with Gasteiger partial charge in [-0.2, -0.15) is 0 Å². The molecule has 1 saturated heterocycles. The topological polar surface area (TPSA) is 48.4 Å². The summed E-state index contributed by atoms with van der Waals surface area (Å²) in [6, 6.07) is 9.85. The predicted octanol–water partition coefficient (Wildman–Crippen LogP) is 3.15. The normalized spacial score (nSPS) is 21.2. The van der Waals surface area contributed by atoms with Crippen molar-refractivity contribution >= 4 is 40.3 Å². The van der Waals surface area contributed by atoms with Crippen LogP contribution in [0, 0.1) is 0 Å². The zero-order chi connectivity index (χ0) is 15.5. The Kier molecular flexibility index (Phi) is 4.93. The molecule has 0 amide bonds. The molecule has 3 rings (SSSR count). The summed E-state index contributed by atoms with van der Waals surface area (Å²) >= 11 is 13.2. The van der Waals surface area contributed by atoms with E-state index >= 15 is 0 Å². The monoisotopic (exact) mass is 353 g/mol. The van der Waals surface area contributed by atoms with E-state index in [0.29, 0.717) is 18.1 Å². The molecule has 1 fully saturated rings. The van der Waals surface area contributed by atoms with Gasteiger partial charge in [-0.05, 0) is 42.9 Å². The van der Waals surface area contributed by atoms with Crippen LogP contribution in [0.5, 0.6) is 0 Å². The first-order valence-electron chi connectivity index (χ1n) is 7.05. The summed E-state index contributed by atoms with van der Waals surface area (Å²) in [5, 5.41) is 13.2. The maximum absolute atomic E-state index is 9.14. The molecule has 2 aromatic rings. The average molecular weight is 354 g/mol. The second-order valence-electron chi connectivity index (χ2n) is 5.04. The molecule has 116 valence electrons. The molecule has 0 radical (unpaired) electrons. The molecule has 0 aliphatic carbocycles. The molecule has 0 aromatic carbocycles. The Bertz CT molecular complexity index is 649. The Hall–Kier alpha value is -1.21. The van der Waals surface area contributed by atoms with Gasteiger partial charge in [0.15, 0.2) is 5.11 Å². The highest BCUT2D eigenvalue weighted by Crippen LogP contribution is 2.42. The number of aromatic nitrogens is 1. The maximum atomic E-state index is 9.14. The summed E-state index contributed by atoms with van der Waals surface area (Å²) in [4.78, 5) is 7.73. The van der Waals surface area contributed by atoms with Gasteiger partial charge in [0.2, 0.25) is 0 Å². The van der Waals surface area contributed by atoms with Crippen molar-refractivity contribution in [3.05, 3.63) is 51.4 Å². The fraction of sp³-hybridized carbons (Fsp3) is 0.333. The van der Waals surface area contributed by atoms with Crippen molar-refractivity contribution in [3.8, 4) is 0 Å². The smallest absolute Gasteiger partial charge is 0.170 e. The van der Waals surface area contributed by atoms with Gasteiger partial charge in [0.25, 0.3) is 0 Å². The van der Waals surface area contributed by atoms with E-state index in [2.05, 4.69) is 15.2 Å². The molecule has 2 aromatic heterocycles. The lowest BCUT2D eigenvalue weighted by Crippen LogP contribution is -2.30. The van der Waals surface area contributed by atoms with Crippen LogP contribution >= 0.6 is 35.2 Å². The summed E-state index contributed by atoms with van der Waals surface area (Å²) in [7, 11) is 0. The lowest BCUT2D eigenvalue weighted by molar-refractivity contribution is 0.249. The second kappa shape index (κ2) is 6.91. The van der Waals surface area contributed by atoms with E-state index in [9.17, 15) is 0 Å². The molecule has 1 aliphatic rings. The largest absolute Gasteiger partial charge is 0.396 e. The lowest BCUT2D eigenvalue weighted by Gasteiger charge is -2.26. The van der Waals surface area contributed by atoms with Crippen LogP contribution in [0.15, 0.2) is 36.5 Å². The maximum Gasteiger partial charge on any atom is 0.170 e. The number of aliphatic hydroxyl groups is 1. The van der Waals surface area contributed by atoms with Crippen molar-refractivity contribution in [2.75, 3.05) is 13.2 Å². The van der Waals surface area contributed by atoms with Gasteiger partial charge in [-0.3, -0.25) is 4.98 Å². The van der Waals surface area contributed by atoms with Crippen molar-refractivity contribution in [1.82, 2.24) is 15.2 Å². The van der Waals surface area contributed by atoms with Crippen LogP contribution in [0.2, 0.25) is 4.34 Å². The SMILES string of the molecule is OCCCN1C(=S)N[C@H](c2ccccn2)[C@H]1c1ccc(Cl)s1. The fourth-order valence-electron chi connectivity index (χ4n) is 2.68. The van der Waals surface area contributed by atoms with E-state index in [1.165, 1.54) is 0 Å². The van der Waals surface area contributed by atoms with Crippen LogP contribution in [0.1, 0.15) is 29.1 Å². The molecule has 2 atom stereocenters. The Morgan fingerprint density at radius 3 is 2.86 bits per heavy atom.